The highest BCUT2D eigenvalue weighted by atomic mass is 32.2. The van der Waals surface area contributed by atoms with Gasteiger partial charge in [-0.3, -0.25) is 9.59 Å². The van der Waals surface area contributed by atoms with Crippen molar-refractivity contribution >= 4 is 30.0 Å². The van der Waals surface area contributed by atoms with Gasteiger partial charge in [-0.15, -0.1) is 11.8 Å². The van der Waals surface area contributed by atoms with Crippen LogP contribution in [0.4, 0.5) is 0 Å². The number of esters is 1. The van der Waals surface area contributed by atoms with Crippen molar-refractivity contribution in [3.63, 3.8) is 0 Å². The minimum Gasteiger partial charge on any atom is -0.467 e. The Hall–Kier alpha value is -1.24. The lowest BCUT2D eigenvalue weighted by atomic mass is 10.0. The molecule has 1 N–H and O–H groups in total. The molecule has 1 fully saturated rings. The monoisotopic (exact) mass is 302 g/mol. The van der Waals surface area contributed by atoms with Gasteiger partial charge in [-0.05, 0) is 19.8 Å². The lowest BCUT2D eigenvalue weighted by Gasteiger charge is -2.31. The molecule has 0 saturated carbocycles. The quantitative estimate of drug-likeness (QED) is 0.595. The van der Waals surface area contributed by atoms with Gasteiger partial charge < -0.3 is 15.0 Å². The lowest BCUT2D eigenvalue weighted by molar-refractivity contribution is -0.147. The van der Waals surface area contributed by atoms with Crippen molar-refractivity contribution in [2.75, 3.05) is 12.9 Å². The summed E-state index contributed by atoms with van der Waals surface area (Å²) in [4.78, 5) is 36.2. The van der Waals surface area contributed by atoms with Crippen molar-refractivity contribution in [3.8, 4) is 0 Å². The molecule has 1 aliphatic heterocycles. The van der Waals surface area contributed by atoms with Gasteiger partial charge in [0.2, 0.25) is 12.3 Å². The molecule has 20 heavy (non-hydrogen) atoms. The molecule has 0 spiro atoms. The Kier molecular flexibility index (Phi) is 5.44. The first kappa shape index (κ1) is 16.8. The number of amides is 2. The normalized spacial score (nSPS) is 22.5. The molecule has 1 aliphatic rings. The van der Waals surface area contributed by atoms with Crippen LogP contribution in [0.2, 0.25) is 0 Å². The van der Waals surface area contributed by atoms with E-state index >= 15 is 0 Å². The van der Waals surface area contributed by atoms with Gasteiger partial charge in [0.25, 0.3) is 0 Å². The lowest BCUT2D eigenvalue weighted by Crippen LogP contribution is -2.54. The fourth-order valence-electron chi connectivity index (χ4n) is 2.09. The van der Waals surface area contributed by atoms with Crippen LogP contribution in [0.15, 0.2) is 0 Å². The van der Waals surface area contributed by atoms with E-state index < -0.39 is 22.9 Å². The van der Waals surface area contributed by atoms with E-state index in [1.807, 2.05) is 27.7 Å². The van der Waals surface area contributed by atoms with E-state index in [1.165, 1.54) is 23.8 Å². The molecular weight excluding hydrogens is 280 g/mol. The zero-order valence-electron chi connectivity index (χ0n) is 12.5. The number of hydrogen-bond acceptors (Lipinski definition) is 5. The van der Waals surface area contributed by atoms with Gasteiger partial charge in [0.1, 0.15) is 12.1 Å². The maximum Gasteiger partial charge on any atom is 0.328 e. The fraction of sp³-hybridized carbons (Fsp3) is 0.769. The molecule has 7 heteroatoms. The summed E-state index contributed by atoms with van der Waals surface area (Å²) in [5, 5.41) is 2.68. The summed E-state index contributed by atoms with van der Waals surface area (Å²) in [6, 6.07) is -1.26. The molecule has 6 nitrogen and oxygen atoms in total. The van der Waals surface area contributed by atoms with E-state index in [1.54, 1.807) is 0 Å². The highest BCUT2D eigenvalue weighted by Crippen LogP contribution is 2.37. The van der Waals surface area contributed by atoms with Gasteiger partial charge in [0.15, 0.2) is 0 Å². The second kappa shape index (κ2) is 6.47. The van der Waals surface area contributed by atoms with E-state index in [2.05, 4.69) is 10.1 Å². The van der Waals surface area contributed by atoms with Gasteiger partial charge in [-0.2, -0.15) is 0 Å². The van der Waals surface area contributed by atoms with Crippen LogP contribution in [-0.2, 0) is 19.1 Å². The second-order valence-corrected chi connectivity index (χ2v) is 7.16. The van der Waals surface area contributed by atoms with Gasteiger partial charge in [-0.25, -0.2) is 4.79 Å². The first-order valence-corrected chi connectivity index (χ1v) is 7.49. The maximum atomic E-state index is 12.3. The Bertz CT molecular complexity index is 398. The number of methoxy groups -OCH3 is 1. The standard InChI is InChI=1S/C13H22N2O4S/c1-8(2)10(12(18)19-5)14-11(17)9-6-20-13(3,4)15(9)7-16/h7-10H,6H2,1-5H3,(H,14,17)/t9-,10-/m0/s1. The van der Waals surface area contributed by atoms with E-state index in [0.717, 1.165) is 0 Å². The molecular formula is C13H22N2O4S. The van der Waals surface area contributed by atoms with Crippen molar-refractivity contribution in [2.45, 2.75) is 44.6 Å². The molecule has 1 heterocycles. The van der Waals surface area contributed by atoms with Crippen molar-refractivity contribution in [1.29, 1.82) is 0 Å². The summed E-state index contributed by atoms with van der Waals surface area (Å²) in [5.74, 6) is -0.364. The maximum absolute atomic E-state index is 12.3. The van der Waals surface area contributed by atoms with Crippen LogP contribution in [0.3, 0.4) is 0 Å². The number of ether oxygens (including phenoxy) is 1. The molecule has 2 amide bonds. The van der Waals surface area contributed by atoms with E-state index in [-0.39, 0.29) is 11.8 Å². The molecule has 1 rings (SSSR count). The zero-order chi connectivity index (χ0) is 15.5. The Morgan fingerprint density at radius 3 is 2.50 bits per heavy atom. The summed E-state index contributed by atoms with van der Waals surface area (Å²) in [7, 11) is 1.29. The zero-order valence-corrected chi connectivity index (χ0v) is 13.3. The predicted octanol–water partition coefficient (Wildman–Crippen LogP) is 0.610. The third-order valence-electron chi connectivity index (χ3n) is 3.39. The average molecular weight is 302 g/mol. The summed E-state index contributed by atoms with van der Waals surface area (Å²) in [5.41, 5.74) is 0. The number of carbonyl (C=O) groups is 3. The molecule has 0 unspecified atom stereocenters. The Morgan fingerprint density at radius 2 is 2.05 bits per heavy atom. The smallest absolute Gasteiger partial charge is 0.328 e. The van der Waals surface area contributed by atoms with Crippen LogP contribution in [-0.4, -0.2) is 53.0 Å². The average Bonchev–Trinajstić information content (AvgIpc) is 2.69. The highest BCUT2D eigenvalue weighted by molar-refractivity contribution is 8.00. The van der Waals surface area contributed by atoms with Crippen molar-refractivity contribution in [3.05, 3.63) is 0 Å². The van der Waals surface area contributed by atoms with Crippen molar-refractivity contribution in [1.82, 2.24) is 10.2 Å². The largest absolute Gasteiger partial charge is 0.467 e. The summed E-state index contributed by atoms with van der Waals surface area (Å²) < 4.78 is 4.69. The minimum atomic E-state index is -0.699. The SMILES string of the molecule is COC(=O)[C@@H](NC(=O)[C@@H]1CSC(C)(C)N1C=O)C(C)C. The number of nitrogens with one attached hydrogen (secondary N) is 1. The summed E-state index contributed by atoms with van der Waals surface area (Å²) >= 11 is 1.54. The van der Waals surface area contributed by atoms with Crippen LogP contribution in [0, 0.1) is 5.92 Å². The van der Waals surface area contributed by atoms with Gasteiger partial charge >= 0.3 is 5.97 Å². The van der Waals surface area contributed by atoms with Crippen molar-refractivity contribution < 1.29 is 19.1 Å². The molecule has 1 saturated heterocycles. The van der Waals surface area contributed by atoms with Gasteiger partial charge in [0, 0.05) is 5.75 Å². The van der Waals surface area contributed by atoms with E-state index in [9.17, 15) is 14.4 Å². The van der Waals surface area contributed by atoms with Crippen LogP contribution >= 0.6 is 11.8 Å². The van der Waals surface area contributed by atoms with Gasteiger partial charge in [-0.1, -0.05) is 13.8 Å². The van der Waals surface area contributed by atoms with Crippen LogP contribution in [0.25, 0.3) is 0 Å². The molecule has 0 bridgehead atoms. The minimum absolute atomic E-state index is 0.0850. The molecule has 0 aromatic carbocycles. The molecule has 2 atom stereocenters. The molecule has 0 aromatic rings. The number of hydrogen-bond donors (Lipinski definition) is 1. The molecule has 0 aromatic heterocycles. The van der Waals surface area contributed by atoms with Gasteiger partial charge in [0.05, 0.1) is 12.0 Å². The third kappa shape index (κ3) is 3.45. The fourth-order valence-corrected chi connectivity index (χ4v) is 3.29. The highest BCUT2D eigenvalue weighted by Gasteiger charge is 2.43. The first-order chi connectivity index (χ1) is 9.24. The topological polar surface area (TPSA) is 75.7 Å². The van der Waals surface area contributed by atoms with Crippen molar-refractivity contribution in [2.24, 2.45) is 5.92 Å². The number of rotatable bonds is 5. The Balaban J connectivity index is 2.80. The molecule has 0 radical (unpaired) electrons. The summed E-state index contributed by atoms with van der Waals surface area (Å²) in [6.07, 6.45) is 0.687. The molecule has 0 aliphatic carbocycles. The second-order valence-electron chi connectivity index (χ2n) is 5.54. The van der Waals surface area contributed by atoms with E-state index in [0.29, 0.717) is 12.2 Å². The predicted molar refractivity (Wildman–Crippen MR) is 77.0 cm³/mol. The first-order valence-electron chi connectivity index (χ1n) is 6.50. The van der Waals surface area contributed by atoms with Crippen LogP contribution < -0.4 is 5.32 Å². The summed E-state index contributed by atoms with van der Waals surface area (Å²) in [6.45, 7) is 7.43. The third-order valence-corrected chi connectivity index (χ3v) is 4.79. The van der Waals surface area contributed by atoms with E-state index in [4.69, 9.17) is 0 Å². The molecule has 114 valence electrons. The Morgan fingerprint density at radius 1 is 1.45 bits per heavy atom. The van der Waals surface area contributed by atoms with Crippen LogP contribution in [0.5, 0.6) is 0 Å². The number of carbonyl (C=O) groups excluding carboxylic acids is 3. The number of nitrogens with zero attached hydrogens (tertiary/aromatic N) is 1. The van der Waals surface area contributed by atoms with Crippen LogP contribution in [0.1, 0.15) is 27.7 Å². The number of thioether (sulfide) groups is 1. The Labute approximate surface area is 123 Å².